The number of carbonyl (C=O) groups excluding carboxylic acids is 2. The van der Waals surface area contributed by atoms with Crippen LogP contribution in [0.3, 0.4) is 0 Å². The van der Waals surface area contributed by atoms with Crippen molar-refractivity contribution in [3.05, 3.63) is 24.3 Å². The van der Waals surface area contributed by atoms with Gasteiger partial charge in [-0.05, 0) is 37.4 Å². The Morgan fingerprint density at radius 1 is 1.35 bits per heavy atom. The lowest BCUT2D eigenvalue weighted by atomic mass is 9.97. The zero-order valence-electron chi connectivity index (χ0n) is 15.3. The number of aromatic nitrogens is 1. The summed E-state index contributed by atoms with van der Waals surface area (Å²) in [7, 11) is 0. The van der Waals surface area contributed by atoms with Crippen LogP contribution in [0.1, 0.15) is 26.7 Å². The lowest BCUT2D eigenvalue weighted by molar-refractivity contribution is -0.124. The predicted molar refractivity (Wildman–Crippen MR) is 105 cm³/mol. The summed E-state index contributed by atoms with van der Waals surface area (Å²) in [5.41, 5.74) is 0.909. The van der Waals surface area contributed by atoms with E-state index in [1.165, 1.54) is 11.3 Å². The van der Waals surface area contributed by atoms with Gasteiger partial charge in [0.2, 0.25) is 11.8 Å². The van der Waals surface area contributed by atoms with Crippen LogP contribution in [0.4, 0.5) is 5.13 Å². The minimum atomic E-state index is -0.0316. The van der Waals surface area contributed by atoms with Gasteiger partial charge >= 0.3 is 0 Å². The molecule has 7 heteroatoms. The van der Waals surface area contributed by atoms with Crippen LogP contribution in [0, 0.1) is 11.8 Å². The minimum absolute atomic E-state index is 0.00859. The van der Waals surface area contributed by atoms with Gasteiger partial charge in [-0.2, -0.15) is 0 Å². The highest BCUT2D eigenvalue weighted by Gasteiger charge is 2.22. The van der Waals surface area contributed by atoms with E-state index >= 15 is 0 Å². The molecule has 2 aromatic rings. The first-order valence-electron chi connectivity index (χ1n) is 9.16. The summed E-state index contributed by atoms with van der Waals surface area (Å²) in [6.45, 7) is 6.61. The summed E-state index contributed by atoms with van der Waals surface area (Å²) in [5, 5.41) is 6.57. The molecule has 1 saturated heterocycles. The first kappa shape index (κ1) is 18.8. The number of nitrogens with one attached hydrogen (secondary N) is 2. The number of rotatable bonds is 6. The van der Waals surface area contributed by atoms with Crippen molar-refractivity contribution in [2.45, 2.75) is 26.7 Å². The molecule has 1 atom stereocenters. The maximum absolute atomic E-state index is 12.4. The number of hydrogen-bond acceptors (Lipinski definition) is 5. The number of carbonyl (C=O) groups is 2. The molecule has 140 valence electrons. The van der Waals surface area contributed by atoms with Crippen molar-refractivity contribution in [2.75, 3.05) is 31.5 Å². The third-order valence-electron chi connectivity index (χ3n) is 4.60. The largest absolute Gasteiger partial charge is 0.356 e. The van der Waals surface area contributed by atoms with E-state index in [0.29, 0.717) is 24.1 Å². The van der Waals surface area contributed by atoms with E-state index in [4.69, 9.17) is 0 Å². The first-order chi connectivity index (χ1) is 12.5. The average Bonchev–Trinajstić information content (AvgIpc) is 3.01. The van der Waals surface area contributed by atoms with E-state index < -0.39 is 0 Å². The molecule has 1 aromatic heterocycles. The summed E-state index contributed by atoms with van der Waals surface area (Å²) in [5.74, 6) is 0.475. The lowest BCUT2D eigenvalue weighted by Crippen LogP contribution is -2.44. The van der Waals surface area contributed by atoms with Gasteiger partial charge in [-0.3, -0.25) is 14.5 Å². The molecule has 1 fully saturated rings. The van der Waals surface area contributed by atoms with Gasteiger partial charge in [-0.25, -0.2) is 4.98 Å². The zero-order valence-corrected chi connectivity index (χ0v) is 16.1. The molecule has 2 amide bonds. The number of amides is 2. The number of likely N-dealkylation sites (tertiary alicyclic amines) is 1. The molecule has 1 aliphatic heterocycles. The standard InChI is InChI=1S/C19H26N4O2S/c1-13(2)18(25)20-10-14-6-5-9-23(11-14)12-17(24)22-19-21-15-7-3-4-8-16(15)26-19/h3-4,7-8,13-14H,5-6,9-12H2,1-2H3,(H,20,25)(H,21,22,24). The van der Waals surface area contributed by atoms with Gasteiger partial charge in [0.15, 0.2) is 5.13 Å². The Bertz CT molecular complexity index is 741. The number of hydrogen-bond donors (Lipinski definition) is 2. The summed E-state index contributed by atoms with van der Waals surface area (Å²) in [6.07, 6.45) is 2.14. The quantitative estimate of drug-likeness (QED) is 0.815. The molecule has 0 radical (unpaired) electrons. The Morgan fingerprint density at radius 3 is 2.92 bits per heavy atom. The van der Waals surface area contributed by atoms with Gasteiger partial charge in [0.1, 0.15) is 0 Å². The molecule has 2 heterocycles. The number of benzene rings is 1. The van der Waals surface area contributed by atoms with Gasteiger partial charge in [0.05, 0.1) is 16.8 Å². The molecule has 2 N–H and O–H groups in total. The van der Waals surface area contributed by atoms with Crippen LogP contribution in [0.2, 0.25) is 0 Å². The van der Waals surface area contributed by atoms with E-state index in [1.807, 2.05) is 38.1 Å². The predicted octanol–water partition coefficient (Wildman–Crippen LogP) is 2.72. The van der Waals surface area contributed by atoms with E-state index in [1.54, 1.807) is 0 Å². The second-order valence-electron chi connectivity index (χ2n) is 7.18. The SMILES string of the molecule is CC(C)C(=O)NCC1CCCN(CC(=O)Nc2nc3ccccc3s2)C1. The molecule has 1 aromatic carbocycles. The Kier molecular flexibility index (Phi) is 6.21. The van der Waals surface area contributed by atoms with Gasteiger partial charge in [0.25, 0.3) is 0 Å². The Hall–Kier alpha value is -1.99. The Labute approximate surface area is 158 Å². The fourth-order valence-corrected chi connectivity index (χ4v) is 4.08. The van der Waals surface area contributed by atoms with E-state index in [9.17, 15) is 9.59 Å². The third kappa shape index (κ3) is 5.02. The van der Waals surface area contributed by atoms with Crippen LogP contribution in [-0.4, -0.2) is 47.9 Å². The smallest absolute Gasteiger partial charge is 0.240 e. The van der Waals surface area contributed by atoms with Crippen molar-refractivity contribution in [3.63, 3.8) is 0 Å². The monoisotopic (exact) mass is 374 g/mol. The van der Waals surface area contributed by atoms with E-state index in [-0.39, 0.29) is 17.7 Å². The molecule has 1 aliphatic rings. The number of thiazole rings is 1. The topological polar surface area (TPSA) is 74.3 Å². The molecule has 0 saturated carbocycles. The third-order valence-corrected chi connectivity index (χ3v) is 5.55. The second-order valence-corrected chi connectivity index (χ2v) is 8.21. The number of piperidine rings is 1. The van der Waals surface area contributed by atoms with Gasteiger partial charge in [-0.1, -0.05) is 37.3 Å². The lowest BCUT2D eigenvalue weighted by Gasteiger charge is -2.32. The molecule has 0 aliphatic carbocycles. The van der Waals surface area contributed by atoms with Crippen molar-refractivity contribution in [1.82, 2.24) is 15.2 Å². The number of nitrogens with zero attached hydrogens (tertiary/aromatic N) is 2. The van der Waals surface area contributed by atoms with Gasteiger partial charge in [-0.15, -0.1) is 0 Å². The molecule has 26 heavy (non-hydrogen) atoms. The summed E-state index contributed by atoms with van der Waals surface area (Å²) in [4.78, 5) is 30.7. The zero-order chi connectivity index (χ0) is 18.5. The molecule has 6 nitrogen and oxygen atoms in total. The highest BCUT2D eigenvalue weighted by molar-refractivity contribution is 7.22. The molecular weight excluding hydrogens is 348 g/mol. The summed E-state index contributed by atoms with van der Waals surface area (Å²) < 4.78 is 1.07. The van der Waals surface area contributed by atoms with Crippen LogP contribution in [0.25, 0.3) is 10.2 Å². The fourth-order valence-electron chi connectivity index (χ4n) is 3.20. The molecular formula is C19H26N4O2S. The average molecular weight is 375 g/mol. The Balaban J connectivity index is 1.48. The normalized spacial score (nSPS) is 18.2. The van der Waals surface area contributed by atoms with Crippen molar-refractivity contribution < 1.29 is 9.59 Å². The second kappa shape index (κ2) is 8.60. The molecule has 3 rings (SSSR count). The van der Waals surface area contributed by atoms with E-state index in [0.717, 1.165) is 36.1 Å². The highest BCUT2D eigenvalue weighted by Crippen LogP contribution is 2.25. The summed E-state index contributed by atoms with van der Waals surface area (Å²) in [6, 6.07) is 7.86. The Morgan fingerprint density at radius 2 is 2.15 bits per heavy atom. The van der Waals surface area contributed by atoms with Crippen molar-refractivity contribution >= 4 is 38.5 Å². The van der Waals surface area contributed by atoms with Crippen LogP contribution >= 0.6 is 11.3 Å². The van der Waals surface area contributed by atoms with Crippen LogP contribution < -0.4 is 10.6 Å². The highest BCUT2D eigenvalue weighted by atomic mass is 32.1. The van der Waals surface area contributed by atoms with Crippen LogP contribution in [0.15, 0.2) is 24.3 Å². The number of para-hydroxylation sites is 1. The number of anilines is 1. The van der Waals surface area contributed by atoms with Crippen molar-refractivity contribution in [1.29, 1.82) is 0 Å². The minimum Gasteiger partial charge on any atom is -0.356 e. The molecule has 0 bridgehead atoms. The van der Waals surface area contributed by atoms with Crippen LogP contribution in [-0.2, 0) is 9.59 Å². The van der Waals surface area contributed by atoms with Gasteiger partial charge in [0, 0.05) is 19.0 Å². The molecule has 1 unspecified atom stereocenters. The fraction of sp³-hybridized carbons (Fsp3) is 0.526. The number of fused-ring (bicyclic) bond motifs is 1. The van der Waals surface area contributed by atoms with Gasteiger partial charge < -0.3 is 10.6 Å². The molecule has 0 spiro atoms. The van der Waals surface area contributed by atoms with Crippen molar-refractivity contribution in [3.8, 4) is 0 Å². The van der Waals surface area contributed by atoms with Crippen molar-refractivity contribution in [2.24, 2.45) is 11.8 Å². The maximum atomic E-state index is 12.4. The first-order valence-corrected chi connectivity index (χ1v) is 9.98. The summed E-state index contributed by atoms with van der Waals surface area (Å²) >= 11 is 1.49. The van der Waals surface area contributed by atoms with Crippen LogP contribution in [0.5, 0.6) is 0 Å². The van der Waals surface area contributed by atoms with E-state index in [2.05, 4.69) is 20.5 Å². The maximum Gasteiger partial charge on any atom is 0.240 e.